The molecule has 0 saturated carbocycles. The van der Waals surface area contributed by atoms with Crippen molar-refractivity contribution in [3.63, 3.8) is 0 Å². The van der Waals surface area contributed by atoms with E-state index in [4.69, 9.17) is 10.8 Å². The Morgan fingerprint density at radius 1 is 1.53 bits per heavy atom. The van der Waals surface area contributed by atoms with Crippen molar-refractivity contribution in [3.8, 4) is 0 Å². The van der Waals surface area contributed by atoms with Crippen LogP contribution < -0.4 is 11.1 Å². The summed E-state index contributed by atoms with van der Waals surface area (Å²) in [6.45, 7) is 1.79. The molecule has 0 fully saturated rings. The zero-order valence-corrected chi connectivity index (χ0v) is 10.5. The lowest BCUT2D eigenvalue weighted by Crippen LogP contribution is -2.42. The van der Waals surface area contributed by atoms with Crippen molar-refractivity contribution in [1.82, 2.24) is 15.5 Å². The van der Waals surface area contributed by atoms with Crippen LogP contribution in [0.25, 0.3) is 0 Å². The van der Waals surface area contributed by atoms with E-state index in [1.165, 1.54) is 0 Å². The molecule has 1 atom stereocenters. The number of carbonyl (C=O) groups is 3. The fraction of sp³-hybridized carbons (Fsp3) is 0.455. The summed E-state index contributed by atoms with van der Waals surface area (Å²) >= 11 is 0. The van der Waals surface area contributed by atoms with Gasteiger partial charge in [-0.3, -0.25) is 14.7 Å². The van der Waals surface area contributed by atoms with Crippen LogP contribution in [0, 0.1) is 6.92 Å². The van der Waals surface area contributed by atoms with Crippen molar-refractivity contribution < 1.29 is 19.5 Å². The van der Waals surface area contributed by atoms with Gasteiger partial charge in [0.25, 0.3) is 0 Å². The summed E-state index contributed by atoms with van der Waals surface area (Å²) in [5.74, 6) is -2.28. The van der Waals surface area contributed by atoms with Crippen LogP contribution in [0.1, 0.15) is 24.2 Å². The van der Waals surface area contributed by atoms with Crippen molar-refractivity contribution >= 4 is 17.8 Å². The smallest absolute Gasteiger partial charge is 0.326 e. The number of nitrogens with zero attached hydrogens (tertiary/aromatic N) is 1. The van der Waals surface area contributed by atoms with Gasteiger partial charge in [0.15, 0.2) is 0 Å². The van der Waals surface area contributed by atoms with E-state index in [2.05, 4.69) is 15.5 Å². The Hall–Kier alpha value is -2.38. The predicted molar refractivity (Wildman–Crippen MR) is 65.0 cm³/mol. The molecule has 0 aliphatic heterocycles. The van der Waals surface area contributed by atoms with Gasteiger partial charge in [0.05, 0.1) is 12.1 Å². The van der Waals surface area contributed by atoms with Crippen LogP contribution in [0.5, 0.6) is 0 Å². The first-order valence-corrected chi connectivity index (χ1v) is 5.70. The summed E-state index contributed by atoms with van der Waals surface area (Å²) in [4.78, 5) is 33.2. The minimum absolute atomic E-state index is 0.0231. The number of carbonyl (C=O) groups excluding carboxylic acids is 2. The molecule has 5 N–H and O–H groups in total. The molecule has 0 radical (unpaired) electrons. The van der Waals surface area contributed by atoms with Crippen LogP contribution in [-0.2, 0) is 20.8 Å². The Morgan fingerprint density at radius 3 is 2.68 bits per heavy atom. The number of H-pyrrole nitrogens is 1. The number of amides is 2. The fourth-order valence-electron chi connectivity index (χ4n) is 1.52. The molecule has 2 amide bonds. The number of nitrogens with one attached hydrogen (secondary N) is 2. The monoisotopic (exact) mass is 268 g/mol. The van der Waals surface area contributed by atoms with E-state index in [1.54, 1.807) is 13.0 Å². The van der Waals surface area contributed by atoms with Crippen LogP contribution >= 0.6 is 0 Å². The van der Waals surface area contributed by atoms with Crippen LogP contribution in [0.4, 0.5) is 0 Å². The van der Waals surface area contributed by atoms with E-state index >= 15 is 0 Å². The first-order chi connectivity index (χ1) is 8.88. The highest BCUT2D eigenvalue weighted by molar-refractivity contribution is 5.85. The van der Waals surface area contributed by atoms with Crippen molar-refractivity contribution in [1.29, 1.82) is 0 Å². The van der Waals surface area contributed by atoms with Gasteiger partial charge in [0.1, 0.15) is 6.04 Å². The first-order valence-electron chi connectivity index (χ1n) is 5.70. The maximum atomic E-state index is 11.6. The zero-order chi connectivity index (χ0) is 14.4. The average molecular weight is 268 g/mol. The third kappa shape index (κ3) is 5.19. The average Bonchev–Trinajstić information content (AvgIpc) is 2.69. The topological polar surface area (TPSA) is 138 Å². The van der Waals surface area contributed by atoms with E-state index in [1.807, 2.05) is 0 Å². The van der Waals surface area contributed by atoms with Crippen LogP contribution in [0.3, 0.4) is 0 Å². The van der Waals surface area contributed by atoms with Crippen LogP contribution in [0.15, 0.2) is 6.07 Å². The SMILES string of the molecule is Cc1cc(CC(=O)N[C@@H](CCC(N)=O)C(=O)O)n[nH]1. The number of carboxylic acids is 1. The van der Waals surface area contributed by atoms with Crippen molar-refractivity contribution in [2.24, 2.45) is 5.73 Å². The number of primary amides is 1. The third-order valence-electron chi connectivity index (χ3n) is 2.41. The van der Waals surface area contributed by atoms with Gasteiger partial charge < -0.3 is 16.2 Å². The largest absolute Gasteiger partial charge is 0.480 e. The van der Waals surface area contributed by atoms with E-state index < -0.39 is 23.8 Å². The highest BCUT2D eigenvalue weighted by atomic mass is 16.4. The number of aromatic amines is 1. The second kappa shape index (κ2) is 6.53. The van der Waals surface area contributed by atoms with E-state index in [9.17, 15) is 14.4 Å². The summed E-state index contributed by atoms with van der Waals surface area (Å²) < 4.78 is 0. The normalized spacial score (nSPS) is 11.8. The molecule has 1 heterocycles. The molecule has 0 unspecified atom stereocenters. The molecule has 0 saturated heterocycles. The lowest BCUT2D eigenvalue weighted by molar-refractivity contribution is -0.142. The Balaban J connectivity index is 2.51. The first kappa shape index (κ1) is 14.7. The van der Waals surface area contributed by atoms with E-state index in [-0.39, 0.29) is 19.3 Å². The van der Waals surface area contributed by atoms with Crippen molar-refractivity contribution in [2.75, 3.05) is 0 Å². The Morgan fingerprint density at radius 2 is 2.21 bits per heavy atom. The molecular formula is C11H16N4O4. The predicted octanol–water partition coefficient (Wildman–Crippen LogP) is -0.904. The molecular weight excluding hydrogens is 252 g/mol. The highest BCUT2D eigenvalue weighted by Crippen LogP contribution is 2.01. The minimum atomic E-state index is -1.20. The highest BCUT2D eigenvalue weighted by Gasteiger charge is 2.20. The summed E-state index contributed by atoms with van der Waals surface area (Å²) in [6, 6.07) is 0.568. The fourth-order valence-corrected chi connectivity index (χ4v) is 1.52. The maximum Gasteiger partial charge on any atom is 0.326 e. The molecule has 0 aliphatic carbocycles. The number of rotatable bonds is 7. The molecule has 19 heavy (non-hydrogen) atoms. The van der Waals surface area contributed by atoms with Gasteiger partial charge in [-0.1, -0.05) is 0 Å². The maximum absolute atomic E-state index is 11.6. The number of hydrogen-bond donors (Lipinski definition) is 4. The van der Waals surface area contributed by atoms with Gasteiger partial charge in [-0.2, -0.15) is 5.10 Å². The van der Waals surface area contributed by atoms with E-state index in [0.29, 0.717) is 5.69 Å². The molecule has 0 bridgehead atoms. The molecule has 104 valence electrons. The quantitative estimate of drug-likeness (QED) is 0.507. The molecule has 1 rings (SSSR count). The second-order valence-electron chi connectivity index (χ2n) is 4.18. The van der Waals surface area contributed by atoms with Gasteiger partial charge in [-0.15, -0.1) is 0 Å². The molecule has 8 nitrogen and oxygen atoms in total. The third-order valence-corrected chi connectivity index (χ3v) is 2.41. The molecule has 8 heteroatoms. The second-order valence-corrected chi connectivity index (χ2v) is 4.18. The summed E-state index contributed by atoms with van der Waals surface area (Å²) in [7, 11) is 0. The summed E-state index contributed by atoms with van der Waals surface area (Å²) in [6.07, 6.45) is -0.153. The van der Waals surface area contributed by atoms with Gasteiger partial charge in [0.2, 0.25) is 11.8 Å². The lowest BCUT2D eigenvalue weighted by Gasteiger charge is -2.13. The molecule has 1 aromatic heterocycles. The Labute approximate surface area is 109 Å². The number of aromatic nitrogens is 2. The van der Waals surface area contributed by atoms with E-state index in [0.717, 1.165) is 5.69 Å². The van der Waals surface area contributed by atoms with Gasteiger partial charge in [-0.05, 0) is 19.4 Å². The van der Waals surface area contributed by atoms with Gasteiger partial charge >= 0.3 is 5.97 Å². The number of carboxylic acid groups (broad SMARTS) is 1. The molecule has 0 spiro atoms. The molecule has 0 aliphatic rings. The van der Waals surface area contributed by atoms with Crippen molar-refractivity contribution in [3.05, 3.63) is 17.5 Å². The Bertz CT molecular complexity index is 483. The number of aliphatic carboxylic acids is 1. The van der Waals surface area contributed by atoms with Crippen molar-refractivity contribution in [2.45, 2.75) is 32.2 Å². The lowest BCUT2D eigenvalue weighted by atomic mass is 10.1. The number of nitrogens with two attached hydrogens (primary N) is 1. The van der Waals surface area contributed by atoms with Gasteiger partial charge in [-0.25, -0.2) is 4.79 Å². The summed E-state index contributed by atoms with van der Waals surface area (Å²) in [5.41, 5.74) is 6.27. The minimum Gasteiger partial charge on any atom is -0.480 e. The van der Waals surface area contributed by atoms with Crippen LogP contribution in [-0.4, -0.2) is 39.1 Å². The van der Waals surface area contributed by atoms with Crippen LogP contribution in [0.2, 0.25) is 0 Å². The summed E-state index contributed by atoms with van der Waals surface area (Å²) in [5, 5.41) is 17.8. The number of aryl methyl sites for hydroxylation is 1. The molecule has 0 aromatic carbocycles. The zero-order valence-electron chi connectivity index (χ0n) is 10.5. The number of hydrogen-bond acceptors (Lipinski definition) is 4. The van der Waals surface area contributed by atoms with Gasteiger partial charge in [0, 0.05) is 12.1 Å². The molecule has 1 aromatic rings. The standard InChI is InChI=1S/C11H16N4O4/c1-6-4-7(15-14-6)5-10(17)13-8(11(18)19)2-3-9(12)16/h4,8H,2-3,5H2,1H3,(H2,12,16)(H,13,17)(H,14,15)(H,18,19)/t8-/m0/s1. The Kier molecular flexibility index (Phi) is 5.04.